The molecule has 2 amide bonds. The van der Waals surface area contributed by atoms with Crippen molar-refractivity contribution in [1.29, 1.82) is 5.26 Å². The van der Waals surface area contributed by atoms with E-state index in [0.29, 0.717) is 38.0 Å². The van der Waals surface area contributed by atoms with E-state index in [2.05, 4.69) is 23.6 Å². The highest BCUT2D eigenvalue weighted by Crippen LogP contribution is 2.49. The number of ether oxygens (including phenoxy) is 3. The fourth-order valence-corrected chi connectivity index (χ4v) is 7.61. The minimum Gasteiger partial charge on any atom is -0.495 e. The van der Waals surface area contributed by atoms with Crippen LogP contribution < -0.4 is 20.1 Å². The van der Waals surface area contributed by atoms with Gasteiger partial charge in [-0.25, -0.2) is 0 Å². The van der Waals surface area contributed by atoms with E-state index in [1.807, 2.05) is 6.92 Å². The summed E-state index contributed by atoms with van der Waals surface area (Å²) >= 11 is 0. The summed E-state index contributed by atoms with van der Waals surface area (Å²) in [5.74, 6) is 0.334. The van der Waals surface area contributed by atoms with Crippen LogP contribution in [-0.4, -0.2) is 50.7 Å². The van der Waals surface area contributed by atoms with Crippen molar-refractivity contribution in [2.24, 2.45) is 28.6 Å². The lowest BCUT2D eigenvalue weighted by atomic mass is 9.70. The van der Waals surface area contributed by atoms with Gasteiger partial charge in [-0.2, -0.15) is 5.26 Å². The van der Waals surface area contributed by atoms with Crippen molar-refractivity contribution in [3.63, 3.8) is 0 Å². The molecule has 0 aromatic heterocycles. The molecule has 1 aromatic carbocycles. The standard InChI is InChI=1S/C32H43N3O6/c1-31(10-5-11-31)18-34-29(37)25-19-6-7-20(14-19)26(25)35-28(36)24-16-23(15-21(17-33)27(24)39-3)41-22-8-12-32(2,13-9-22)30(38)40-4/h15-16,19-20,22,25-26H,5-14,18H2,1-4H3,(H,34,37)(H,35,36)/t19-,20+,22-,25+,26-,32+/m1/s1. The van der Waals surface area contributed by atoms with Crippen LogP contribution in [0.15, 0.2) is 12.1 Å². The number of amides is 2. The topological polar surface area (TPSA) is 127 Å². The van der Waals surface area contributed by atoms with Gasteiger partial charge in [0.2, 0.25) is 5.91 Å². The van der Waals surface area contributed by atoms with E-state index in [9.17, 15) is 19.6 Å². The highest BCUT2D eigenvalue weighted by Gasteiger charge is 2.52. The third kappa shape index (κ3) is 5.75. The lowest BCUT2D eigenvalue weighted by Gasteiger charge is -2.39. The van der Waals surface area contributed by atoms with Crippen molar-refractivity contribution < 1.29 is 28.6 Å². The van der Waals surface area contributed by atoms with Crippen LogP contribution in [-0.2, 0) is 14.3 Å². The SMILES string of the molecule is COc1c(C#N)cc(O[C@H]2CC[C@@](C)(C(=O)OC)CC2)cc1C(=O)N[C@@H]1[C@H]2CC[C@H](C2)[C@@H]1C(=O)NCC1(C)CCC1. The molecule has 4 aliphatic rings. The fraction of sp³-hybridized carbons (Fsp3) is 0.688. The number of carbonyl (C=O) groups excluding carboxylic acids is 3. The Morgan fingerprint density at radius 2 is 1.73 bits per heavy atom. The Kier molecular flexibility index (Phi) is 8.22. The zero-order valence-corrected chi connectivity index (χ0v) is 24.7. The number of nitrogens with one attached hydrogen (secondary N) is 2. The van der Waals surface area contributed by atoms with Gasteiger partial charge in [-0.15, -0.1) is 0 Å². The fourth-order valence-electron chi connectivity index (χ4n) is 7.61. The molecular weight excluding hydrogens is 522 g/mol. The maximum Gasteiger partial charge on any atom is 0.311 e. The van der Waals surface area contributed by atoms with Crippen molar-refractivity contribution in [3.8, 4) is 17.6 Å². The van der Waals surface area contributed by atoms with E-state index in [1.54, 1.807) is 12.1 Å². The van der Waals surface area contributed by atoms with Crippen LogP contribution in [0, 0.1) is 39.9 Å². The largest absolute Gasteiger partial charge is 0.495 e. The minimum atomic E-state index is -0.531. The average Bonchev–Trinajstić information content (AvgIpc) is 3.57. The molecule has 4 fully saturated rings. The molecule has 2 bridgehead atoms. The van der Waals surface area contributed by atoms with Crippen LogP contribution in [0.1, 0.15) is 94.0 Å². The third-order valence-electron chi connectivity index (χ3n) is 10.4. The number of hydrogen-bond acceptors (Lipinski definition) is 7. The Labute approximate surface area is 242 Å². The van der Waals surface area contributed by atoms with Crippen molar-refractivity contribution in [1.82, 2.24) is 10.6 Å². The maximum atomic E-state index is 13.8. The van der Waals surface area contributed by atoms with Gasteiger partial charge in [0, 0.05) is 18.7 Å². The van der Waals surface area contributed by atoms with Crippen LogP contribution in [0.3, 0.4) is 0 Å². The van der Waals surface area contributed by atoms with Crippen molar-refractivity contribution >= 4 is 17.8 Å². The number of benzene rings is 1. The second-order valence-corrected chi connectivity index (χ2v) is 13.3. The summed E-state index contributed by atoms with van der Waals surface area (Å²) in [7, 11) is 2.85. The summed E-state index contributed by atoms with van der Waals surface area (Å²) < 4.78 is 16.8. The van der Waals surface area contributed by atoms with Crippen molar-refractivity contribution in [2.45, 2.75) is 90.2 Å². The smallest absolute Gasteiger partial charge is 0.311 e. The second-order valence-electron chi connectivity index (χ2n) is 13.3. The van der Waals surface area contributed by atoms with E-state index in [1.165, 1.54) is 20.6 Å². The third-order valence-corrected chi connectivity index (χ3v) is 10.4. The molecule has 0 saturated heterocycles. The quantitative estimate of drug-likeness (QED) is 0.422. The number of esters is 1. The molecule has 1 aromatic rings. The van der Waals surface area contributed by atoms with Crippen LogP contribution in [0.2, 0.25) is 0 Å². The van der Waals surface area contributed by atoms with Gasteiger partial charge in [0.05, 0.1) is 42.8 Å². The highest BCUT2D eigenvalue weighted by molar-refractivity contribution is 5.99. The number of nitriles is 1. The number of hydrogen-bond donors (Lipinski definition) is 2. The summed E-state index contributed by atoms with van der Waals surface area (Å²) in [5, 5.41) is 16.2. The molecule has 0 spiro atoms. The van der Waals surface area contributed by atoms with Gasteiger partial charge in [0.25, 0.3) is 5.91 Å². The molecule has 0 aliphatic heterocycles. The zero-order valence-electron chi connectivity index (χ0n) is 24.7. The van der Waals surface area contributed by atoms with Gasteiger partial charge in [-0.1, -0.05) is 13.3 Å². The Morgan fingerprint density at radius 3 is 2.34 bits per heavy atom. The normalized spacial score (nSPS) is 31.3. The van der Waals surface area contributed by atoms with Gasteiger partial charge in [-0.05, 0) is 88.0 Å². The molecule has 222 valence electrons. The van der Waals surface area contributed by atoms with Crippen LogP contribution in [0.25, 0.3) is 0 Å². The minimum absolute atomic E-state index is 0.0358. The average molecular weight is 566 g/mol. The van der Waals surface area contributed by atoms with Crippen LogP contribution in [0.4, 0.5) is 0 Å². The molecule has 2 N–H and O–H groups in total. The van der Waals surface area contributed by atoms with Crippen molar-refractivity contribution in [3.05, 3.63) is 23.3 Å². The summed E-state index contributed by atoms with van der Waals surface area (Å²) in [5.41, 5.74) is 0.0854. The van der Waals surface area contributed by atoms with E-state index in [4.69, 9.17) is 14.2 Å². The lowest BCUT2D eigenvalue weighted by molar-refractivity contribution is -0.154. The molecule has 4 aliphatic carbocycles. The number of carbonyl (C=O) groups is 3. The lowest BCUT2D eigenvalue weighted by Crippen LogP contribution is -2.51. The first-order chi connectivity index (χ1) is 19.6. The number of rotatable bonds is 9. The van der Waals surface area contributed by atoms with Gasteiger partial charge >= 0.3 is 5.97 Å². The van der Waals surface area contributed by atoms with Crippen LogP contribution in [0.5, 0.6) is 11.5 Å². The monoisotopic (exact) mass is 565 g/mol. The van der Waals surface area contributed by atoms with E-state index < -0.39 is 5.41 Å². The Morgan fingerprint density at radius 1 is 1.02 bits per heavy atom. The Balaban J connectivity index is 1.30. The van der Waals surface area contributed by atoms with E-state index >= 15 is 0 Å². The Hall–Kier alpha value is -3.28. The van der Waals surface area contributed by atoms with Crippen molar-refractivity contribution in [2.75, 3.05) is 20.8 Å². The first-order valence-corrected chi connectivity index (χ1v) is 15.1. The number of methoxy groups -OCH3 is 2. The molecule has 0 unspecified atom stereocenters. The maximum absolute atomic E-state index is 13.8. The van der Waals surface area contributed by atoms with Gasteiger partial charge in [0.15, 0.2) is 0 Å². The molecule has 5 rings (SSSR count). The molecule has 4 saturated carbocycles. The highest BCUT2D eigenvalue weighted by atomic mass is 16.5. The molecule has 9 nitrogen and oxygen atoms in total. The summed E-state index contributed by atoms with van der Waals surface area (Å²) in [6, 6.07) is 5.10. The molecule has 0 radical (unpaired) electrons. The molecule has 4 atom stereocenters. The molecular formula is C32H43N3O6. The predicted octanol–water partition coefficient (Wildman–Crippen LogP) is 4.52. The molecule has 41 heavy (non-hydrogen) atoms. The zero-order chi connectivity index (χ0) is 29.4. The van der Waals surface area contributed by atoms with Crippen LogP contribution >= 0.6 is 0 Å². The van der Waals surface area contributed by atoms with E-state index in [0.717, 1.165) is 32.1 Å². The van der Waals surface area contributed by atoms with E-state index in [-0.39, 0.29) is 70.0 Å². The second kappa shape index (κ2) is 11.5. The number of nitrogens with zero attached hydrogens (tertiary/aromatic N) is 1. The first-order valence-electron chi connectivity index (χ1n) is 15.1. The summed E-state index contributed by atoms with van der Waals surface area (Å²) in [6.07, 6.45) is 8.84. The van der Waals surface area contributed by atoms with Gasteiger partial charge < -0.3 is 24.8 Å². The number of fused-ring (bicyclic) bond motifs is 2. The van der Waals surface area contributed by atoms with Gasteiger partial charge in [0.1, 0.15) is 17.6 Å². The molecule has 9 heteroatoms. The van der Waals surface area contributed by atoms with Gasteiger partial charge in [-0.3, -0.25) is 14.4 Å². The molecule has 0 heterocycles. The summed E-state index contributed by atoms with van der Waals surface area (Å²) in [6.45, 7) is 4.81. The summed E-state index contributed by atoms with van der Waals surface area (Å²) in [4.78, 5) is 39.3. The predicted molar refractivity (Wildman–Crippen MR) is 151 cm³/mol. The Bertz CT molecular complexity index is 1230. The first kappa shape index (κ1) is 29.2.